The molecule has 1 aromatic rings. The minimum atomic E-state index is -0.845. The lowest BCUT2D eigenvalue weighted by Crippen LogP contribution is -2.08. The maximum absolute atomic E-state index is 10.9. The maximum Gasteiger partial charge on any atom is 0.352 e. The highest BCUT2D eigenvalue weighted by atomic mass is 127. The molecule has 0 fully saturated rings. The number of hydrogen-bond donors (Lipinski definition) is 1. The molecule has 84 valence electrons. The summed E-state index contributed by atoms with van der Waals surface area (Å²) in [6.07, 6.45) is 4.06. The summed E-state index contributed by atoms with van der Waals surface area (Å²) in [6.45, 7) is 5.15. The Morgan fingerprint density at radius 3 is 2.80 bits per heavy atom. The largest absolute Gasteiger partial charge is 0.477 e. The first-order valence-electron chi connectivity index (χ1n) is 5.09. The molecule has 0 saturated carbocycles. The number of carboxylic acid groups (broad SMARTS) is 1. The van der Waals surface area contributed by atoms with Gasteiger partial charge in [0.15, 0.2) is 0 Å². The van der Waals surface area contributed by atoms with Crippen LogP contribution in [-0.4, -0.2) is 15.6 Å². The zero-order valence-corrected chi connectivity index (χ0v) is 11.2. The lowest BCUT2D eigenvalue weighted by Gasteiger charge is -2.07. The van der Waals surface area contributed by atoms with E-state index in [1.807, 2.05) is 10.8 Å². The number of hydrogen-bond acceptors (Lipinski definition) is 1. The van der Waals surface area contributed by atoms with Crippen LogP contribution in [0.1, 0.15) is 37.2 Å². The Kier molecular flexibility index (Phi) is 4.63. The molecule has 0 radical (unpaired) electrons. The second-order valence-corrected chi connectivity index (χ2v) is 5.32. The average Bonchev–Trinajstić information content (AvgIpc) is 2.46. The number of carboxylic acids is 1. The van der Waals surface area contributed by atoms with Crippen LogP contribution in [0, 0.1) is 9.49 Å². The number of halogens is 1. The summed E-state index contributed by atoms with van der Waals surface area (Å²) in [5, 5.41) is 8.96. The van der Waals surface area contributed by atoms with Crippen molar-refractivity contribution in [1.29, 1.82) is 0 Å². The van der Waals surface area contributed by atoms with Crippen molar-refractivity contribution in [1.82, 2.24) is 4.57 Å². The van der Waals surface area contributed by atoms with Crippen LogP contribution in [0.4, 0.5) is 0 Å². The molecule has 0 bridgehead atoms. The molecule has 1 heterocycles. The first-order chi connectivity index (χ1) is 7.00. The molecule has 15 heavy (non-hydrogen) atoms. The number of carbonyl (C=O) groups is 1. The Hall–Kier alpha value is -0.520. The van der Waals surface area contributed by atoms with Crippen LogP contribution < -0.4 is 0 Å². The maximum atomic E-state index is 10.9. The molecule has 0 aromatic carbocycles. The topological polar surface area (TPSA) is 42.2 Å². The van der Waals surface area contributed by atoms with Gasteiger partial charge >= 0.3 is 5.97 Å². The van der Waals surface area contributed by atoms with Crippen molar-refractivity contribution >= 4 is 28.6 Å². The third kappa shape index (κ3) is 3.85. The standard InChI is InChI=1S/C11H16INO2/c1-8(2)4-3-5-13-7-9(12)6-10(13)11(14)15/h6-8H,3-5H2,1-2H3,(H,14,15). The summed E-state index contributed by atoms with van der Waals surface area (Å²) in [5.74, 6) is -0.171. The van der Waals surface area contributed by atoms with Gasteiger partial charge in [-0.3, -0.25) is 0 Å². The minimum Gasteiger partial charge on any atom is -0.477 e. The summed E-state index contributed by atoms with van der Waals surface area (Å²) in [7, 11) is 0. The number of aryl methyl sites for hydroxylation is 1. The van der Waals surface area contributed by atoms with Crippen molar-refractivity contribution < 1.29 is 9.90 Å². The molecule has 0 unspecified atom stereocenters. The second-order valence-electron chi connectivity index (χ2n) is 4.08. The van der Waals surface area contributed by atoms with E-state index in [1.165, 1.54) is 0 Å². The molecule has 4 heteroatoms. The average molecular weight is 321 g/mol. The fourth-order valence-corrected chi connectivity index (χ4v) is 2.14. The quantitative estimate of drug-likeness (QED) is 0.846. The van der Waals surface area contributed by atoms with E-state index in [-0.39, 0.29) is 0 Å². The zero-order chi connectivity index (χ0) is 11.4. The lowest BCUT2D eigenvalue weighted by molar-refractivity contribution is 0.0685. The minimum absolute atomic E-state index is 0.392. The SMILES string of the molecule is CC(C)CCCn1cc(I)cc1C(=O)O. The van der Waals surface area contributed by atoms with Crippen molar-refractivity contribution in [2.75, 3.05) is 0 Å². The van der Waals surface area contributed by atoms with Crippen LogP contribution in [0.25, 0.3) is 0 Å². The Balaban J connectivity index is 2.63. The van der Waals surface area contributed by atoms with Crippen LogP contribution >= 0.6 is 22.6 Å². The third-order valence-corrected chi connectivity index (χ3v) is 2.85. The van der Waals surface area contributed by atoms with Gasteiger partial charge in [-0.1, -0.05) is 13.8 Å². The second kappa shape index (κ2) is 5.53. The van der Waals surface area contributed by atoms with E-state index in [2.05, 4.69) is 36.4 Å². The van der Waals surface area contributed by atoms with Crippen LogP contribution in [0.15, 0.2) is 12.3 Å². The number of aromatic carboxylic acids is 1. The molecule has 3 nitrogen and oxygen atoms in total. The molecular weight excluding hydrogens is 305 g/mol. The molecule has 1 rings (SSSR count). The fraction of sp³-hybridized carbons (Fsp3) is 0.545. The van der Waals surface area contributed by atoms with Crippen molar-refractivity contribution in [3.8, 4) is 0 Å². The van der Waals surface area contributed by atoms with Crippen LogP contribution in [0.5, 0.6) is 0 Å². The highest BCUT2D eigenvalue weighted by Gasteiger charge is 2.10. The van der Waals surface area contributed by atoms with Crippen molar-refractivity contribution in [2.24, 2.45) is 5.92 Å². The number of aromatic nitrogens is 1. The molecule has 0 amide bonds. The summed E-state index contributed by atoms with van der Waals surface area (Å²) < 4.78 is 2.81. The third-order valence-electron chi connectivity index (χ3n) is 2.26. The van der Waals surface area contributed by atoms with Crippen molar-refractivity contribution in [2.45, 2.75) is 33.2 Å². The monoisotopic (exact) mass is 321 g/mol. The molecule has 0 saturated heterocycles. The predicted octanol–water partition coefficient (Wildman–Crippen LogP) is 3.23. The van der Waals surface area contributed by atoms with Crippen molar-refractivity contribution in [3.63, 3.8) is 0 Å². The van der Waals surface area contributed by atoms with E-state index in [9.17, 15) is 4.79 Å². The highest BCUT2D eigenvalue weighted by Crippen LogP contribution is 2.13. The van der Waals surface area contributed by atoms with E-state index in [1.54, 1.807) is 6.07 Å². The van der Waals surface area contributed by atoms with Crippen molar-refractivity contribution in [3.05, 3.63) is 21.5 Å². The van der Waals surface area contributed by atoms with Gasteiger partial charge in [0.25, 0.3) is 0 Å². The smallest absolute Gasteiger partial charge is 0.352 e. The van der Waals surface area contributed by atoms with Gasteiger partial charge in [0.05, 0.1) is 0 Å². The van der Waals surface area contributed by atoms with Gasteiger partial charge in [0.1, 0.15) is 5.69 Å². The first-order valence-corrected chi connectivity index (χ1v) is 6.17. The van der Waals surface area contributed by atoms with E-state index in [0.717, 1.165) is 23.0 Å². The summed E-state index contributed by atoms with van der Waals surface area (Å²) >= 11 is 2.14. The highest BCUT2D eigenvalue weighted by molar-refractivity contribution is 14.1. The molecule has 0 spiro atoms. The van der Waals surface area contributed by atoms with Gasteiger partial charge in [0, 0.05) is 16.3 Å². The lowest BCUT2D eigenvalue weighted by atomic mass is 10.1. The van der Waals surface area contributed by atoms with Gasteiger partial charge < -0.3 is 9.67 Å². The van der Waals surface area contributed by atoms with Gasteiger partial charge in [-0.15, -0.1) is 0 Å². The molecule has 1 N–H and O–H groups in total. The van der Waals surface area contributed by atoms with E-state index >= 15 is 0 Å². The summed E-state index contributed by atoms with van der Waals surface area (Å²) in [6, 6.07) is 1.71. The number of rotatable bonds is 5. The Bertz CT molecular complexity index is 344. The normalized spacial score (nSPS) is 10.9. The Labute approximate surface area is 104 Å². The predicted molar refractivity (Wildman–Crippen MR) is 68.2 cm³/mol. The van der Waals surface area contributed by atoms with Gasteiger partial charge in [-0.05, 0) is 47.4 Å². The molecule has 0 aliphatic carbocycles. The van der Waals surface area contributed by atoms with E-state index in [0.29, 0.717) is 11.6 Å². The van der Waals surface area contributed by atoms with Crippen LogP contribution in [-0.2, 0) is 6.54 Å². The first kappa shape index (κ1) is 12.5. The fourth-order valence-electron chi connectivity index (χ4n) is 1.51. The van der Waals surface area contributed by atoms with Gasteiger partial charge in [-0.2, -0.15) is 0 Å². The van der Waals surface area contributed by atoms with Crippen LogP contribution in [0.3, 0.4) is 0 Å². The molecule has 0 atom stereocenters. The number of nitrogens with zero attached hydrogens (tertiary/aromatic N) is 1. The Morgan fingerprint density at radius 2 is 2.27 bits per heavy atom. The molecule has 1 aromatic heterocycles. The van der Waals surface area contributed by atoms with E-state index in [4.69, 9.17) is 5.11 Å². The molecule has 0 aliphatic heterocycles. The Morgan fingerprint density at radius 1 is 1.60 bits per heavy atom. The zero-order valence-electron chi connectivity index (χ0n) is 9.03. The summed E-state index contributed by atoms with van der Waals surface area (Å²) in [5.41, 5.74) is 0.392. The van der Waals surface area contributed by atoms with Gasteiger partial charge in [-0.25, -0.2) is 4.79 Å². The van der Waals surface area contributed by atoms with Crippen LogP contribution in [0.2, 0.25) is 0 Å². The molecular formula is C11H16INO2. The summed E-state index contributed by atoms with van der Waals surface area (Å²) in [4.78, 5) is 10.9. The van der Waals surface area contributed by atoms with Gasteiger partial charge in [0.2, 0.25) is 0 Å². The molecule has 0 aliphatic rings. The van der Waals surface area contributed by atoms with E-state index < -0.39 is 5.97 Å².